The first kappa shape index (κ1) is 14.8. The van der Waals surface area contributed by atoms with E-state index in [1.807, 2.05) is 13.8 Å². The molecule has 110 valence electrons. The minimum atomic E-state index is -0.436. The number of carbonyl (C=O) groups excluding carboxylic acids is 1. The summed E-state index contributed by atoms with van der Waals surface area (Å²) in [6.45, 7) is 4.05. The van der Waals surface area contributed by atoms with Crippen molar-refractivity contribution in [3.8, 4) is 0 Å². The molecule has 4 heteroatoms. The molecule has 1 saturated carbocycles. The molecule has 4 nitrogen and oxygen atoms in total. The first-order chi connectivity index (χ1) is 9.06. The van der Waals surface area contributed by atoms with Gasteiger partial charge in [0.15, 0.2) is 0 Å². The van der Waals surface area contributed by atoms with E-state index in [0.29, 0.717) is 5.92 Å². The van der Waals surface area contributed by atoms with Gasteiger partial charge in [0, 0.05) is 12.8 Å². The van der Waals surface area contributed by atoms with Gasteiger partial charge < -0.3 is 15.2 Å². The van der Waals surface area contributed by atoms with E-state index in [9.17, 15) is 4.79 Å². The van der Waals surface area contributed by atoms with Crippen LogP contribution in [0.2, 0.25) is 0 Å². The Kier molecular flexibility index (Phi) is 5.22. The van der Waals surface area contributed by atoms with Gasteiger partial charge in [-0.3, -0.25) is 4.79 Å². The number of hydrogen-bond acceptors (Lipinski definition) is 4. The van der Waals surface area contributed by atoms with E-state index in [0.717, 1.165) is 25.7 Å². The van der Waals surface area contributed by atoms with Crippen molar-refractivity contribution in [2.75, 3.05) is 0 Å². The Bertz CT molecular complexity index is 292. The molecule has 1 heterocycles. The second-order valence-electron chi connectivity index (χ2n) is 6.21. The van der Waals surface area contributed by atoms with Crippen LogP contribution in [0.1, 0.15) is 58.8 Å². The Hall–Kier alpha value is -0.610. The lowest BCUT2D eigenvalue weighted by Gasteiger charge is -2.33. The van der Waals surface area contributed by atoms with Crippen LogP contribution in [0.3, 0.4) is 0 Å². The summed E-state index contributed by atoms with van der Waals surface area (Å²) in [7, 11) is 0. The zero-order chi connectivity index (χ0) is 13.8. The zero-order valence-electron chi connectivity index (χ0n) is 12.1. The molecule has 0 bridgehead atoms. The van der Waals surface area contributed by atoms with Crippen LogP contribution in [-0.2, 0) is 14.3 Å². The van der Waals surface area contributed by atoms with E-state index in [1.165, 1.54) is 19.3 Å². The van der Waals surface area contributed by atoms with Gasteiger partial charge in [0.2, 0.25) is 0 Å². The summed E-state index contributed by atoms with van der Waals surface area (Å²) < 4.78 is 11.3. The molecule has 2 N–H and O–H groups in total. The van der Waals surface area contributed by atoms with Gasteiger partial charge in [-0.15, -0.1) is 0 Å². The predicted octanol–water partition coefficient (Wildman–Crippen LogP) is 2.39. The molecule has 0 amide bonds. The Balaban J connectivity index is 1.82. The van der Waals surface area contributed by atoms with Crippen molar-refractivity contribution < 1.29 is 14.3 Å². The van der Waals surface area contributed by atoms with E-state index in [1.54, 1.807) is 0 Å². The lowest BCUT2D eigenvalue weighted by atomic mass is 9.84. The minimum Gasteiger partial charge on any atom is -0.461 e. The van der Waals surface area contributed by atoms with Crippen LogP contribution in [-0.4, -0.2) is 30.3 Å². The fourth-order valence-electron chi connectivity index (χ4n) is 3.37. The van der Waals surface area contributed by atoms with Crippen LogP contribution >= 0.6 is 0 Å². The molecule has 0 aromatic heterocycles. The third kappa shape index (κ3) is 4.18. The quantitative estimate of drug-likeness (QED) is 0.799. The Morgan fingerprint density at radius 1 is 1.16 bits per heavy atom. The summed E-state index contributed by atoms with van der Waals surface area (Å²) >= 11 is 0. The van der Waals surface area contributed by atoms with Crippen LogP contribution in [0.25, 0.3) is 0 Å². The van der Waals surface area contributed by atoms with Crippen LogP contribution < -0.4 is 5.73 Å². The van der Waals surface area contributed by atoms with Crippen molar-refractivity contribution >= 4 is 5.97 Å². The Morgan fingerprint density at radius 3 is 2.32 bits per heavy atom. The highest BCUT2D eigenvalue weighted by atomic mass is 16.6. The summed E-state index contributed by atoms with van der Waals surface area (Å²) in [6.07, 6.45) is 7.65. The highest BCUT2D eigenvalue weighted by Gasteiger charge is 2.32. The molecule has 0 aromatic rings. The molecule has 19 heavy (non-hydrogen) atoms. The number of ether oxygens (including phenoxy) is 2. The summed E-state index contributed by atoms with van der Waals surface area (Å²) in [4.78, 5) is 12.1. The van der Waals surface area contributed by atoms with Crippen LogP contribution in [0.15, 0.2) is 0 Å². The minimum absolute atomic E-state index is 0.0270. The number of nitrogens with two attached hydrogens (primary N) is 1. The number of esters is 1. The van der Waals surface area contributed by atoms with E-state index >= 15 is 0 Å². The van der Waals surface area contributed by atoms with Crippen molar-refractivity contribution in [3.05, 3.63) is 0 Å². The number of hydrogen-bond donors (Lipinski definition) is 1. The average molecular weight is 269 g/mol. The molecule has 1 aliphatic carbocycles. The topological polar surface area (TPSA) is 61.5 Å². The van der Waals surface area contributed by atoms with Crippen LogP contribution in [0.5, 0.6) is 0 Å². The van der Waals surface area contributed by atoms with Gasteiger partial charge in [0.25, 0.3) is 0 Å². The van der Waals surface area contributed by atoms with Crippen molar-refractivity contribution in [1.29, 1.82) is 0 Å². The number of carbonyl (C=O) groups is 1. The molecule has 3 unspecified atom stereocenters. The molecule has 3 atom stereocenters. The van der Waals surface area contributed by atoms with E-state index in [4.69, 9.17) is 15.2 Å². The SMILES string of the molecule is CC1CC(OC(=O)C(N)C2CCCCC2)CC(C)O1. The van der Waals surface area contributed by atoms with Gasteiger partial charge in [-0.1, -0.05) is 19.3 Å². The van der Waals surface area contributed by atoms with Crippen molar-refractivity contribution in [2.24, 2.45) is 11.7 Å². The van der Waals surface area contributed by atoms with Gasteiger partial charge in [-0.05, 0) is 32.6 Å². The maximum absolute atomic E-state index is 12.1. The lowest BCUT2D eigenvalue weighted by molar-refractivity contribution is -0.162. The smallest absolute Gasteiger partial charge is 0.323 e. The molecule has 0 spiro atoms. The van der Waals surface area contributed by atoms with Gasteiger partial charge in [-0.2, -0.15) is 0 Å². The van der Waals surface area contributed by atoms with Gasteiger partial charge in [-0.25, -0.2) is 0 Å². The lowest BCUT2D eigenvalue weighted by Crippen LogP contribution is -2.44. The van der Waals surface area contributed by atoms with E-state index in [2.05, 4.69) is 0 Å². The fraction of sp³-hybridized carbons (Fsp3) is 0.933. The standard InChI is InChI=1S/C15H27NO3/c1-10-8-13(9-11(2)18-10)19-15(17)14(16)12-6-4-3-5-7-12/h10-14H,3-9,16H2,1-2H3. The largest absolute Gasteiger partial charge is 0.461 e. The van der Waals surface area contributed by atoms with Crippen LogP contribution in [0, 0.1) is 5.92 Å². The molecule has 0 radical (unpaired) electrons. The van der Waals surface area contributed by atoms with E-state index in [-0.39, 0.29) is 24.3 Å². The van der Waals surface area contributed by atoms with Crippen LogP contribution in [0.4, 0.5) is 0 Å². The molecule has 1 aliphatic heterocycles. The molecular formula is C15H27NO3. The summed E-state index contributed by atoms with van der Waals surface area (Å²) in [5, 5.41) is 0. The van der Waals surface area contributed by atoms with Gasteiger partial charge in [0.1, 0.15) is 12.1 Å². The molecular weight excluding hydrogens is 242 g/mol. The van der Waals surface area contributed by atoms with Crippen molar-refractivity contribution in [2.45, 2.75) is 83.1 Å². The second kappa shape index (κ2) is 6.71. The molecule has 2 aliphatic rings. The first-order valence-electron chi connectivity index (χ1n) is 7.67. The van der Waals surface area contributed by atoms with Gasteiger partial charge >= 0.3 is 5.97 Å². The molecule has 0 aromatic carbocycles. The summed E-state index contributed by atoms with van der Waals surface area (Å²) in [5.74, 6) is 0.106. The van der Waals surface area contributed by atoms with E-state index < -0.39 is 6.04 Å². The average Bonchev–Trinajstić information content (AvgIpc) is 2.37. The zero-order valence-corrected chi connectivity index (χ0v) is 12.1. The summed E-state index contributed by atoms with van der Waals surface area (Å²) in [5.41, 5.74) is 6.07. The second-order valence-corrected chi connectivity index (χ2v) is 6.21. The summed E-state index contributed by atoms with van der Waals surface area (Å²) in [6, 6.07) is -0.436. The Morgan fingerprint density at radius 2 is 1.74 bits per heavy atom. The van der Waals surface area contributed by atoms with Crippen molar-refractivity contribution in [3.63, 3.8) is 0 Å². The molecule has 2 rings (SSSR count). The monoisotopic (exact) mass is 269 g/mol. The highest BCUT2D eigenvalue weighted by Crippen LogP contribution is 2.27. The van der Waals surface area contributed by atoms with Crippen molar-refractivity contribution in [1.82, 2.24) is 0 Å². The molecule has 2 fully saturated rings. The third-order valence-electron chi connectivity index (χ3n) is 4.37. The first-order valence-corrected chi connectivity index (χ1v) is 7.67. The predicted molar refractivity (Wildman–Crippen MR) is 73.7 cm³/mol. The maximum Gasteiger partial charge on any atom is 0.323 e. The van der Waals surface area contributed by atoms with Gasteiger partial charge in [0.05, 0.1) is 12.2 Å². The Labute approximate surface area is 116 Å². The highest BCUT2D eigenvalue weighted by molar-refractivity contribution is 5.76. The number of rotatable bonds is 3. The third-order valence-corrected chi connectivity index (χ3v) is 4.37. The molecule has 1 saturated heterocycles. The normalized spacial score (nSPS) is 34.8. The maximum atomic E-state index is 12.1. The fourth-order valence-corrected chi connectivity index (χ4v) is 3.37.